The van der Waals surface area contributed by atoms with E-state index in [0.29, 0.717) is 147 Å². The van der Waals surface area contributed by atoms with Crippen LogP contribution in [0.4, 0.5) is 0 Å². The van der Waals surface area contributed by atoms with Crippen LogP contribution in [0.2, 0.25) is 0 Å². The van der Waals surface area contributed by atoms with Crippen molar-refractivity contribution in [3.8, 4) is 0 Å². The number of hydrogen-bond acceptors (Lipinski definition) is 10. The average Bonchev–Trinajstić information content (AvgIpc) is 4.35. The van der Waals surface area contributed by atoms with Gasteiger partial charge in [-0.3, -0.25) is 43.2 Å². The summed E-state index contributed by atoms with van der Waals surface area (Å²) in [4.78, 5) is 135. The minimum Gasteiger partial charge on any atom is -0.368 e. The van der Waals surface area contributed by atoms with Crippen LogP contribution in [0, 0.1) is 23.7 Å². The summed E-state index contributed by atoms with van der Waals surface area (Å²) in [6.07, 6.45) is 5.67. The Hall–Kier alpha value is -6.41. The maximum absolute atomic E-state index is 14.6. The number of likely N-dealkylation sites (tertiary alicyclic amines) is 5. The number of hydrogen-bond donors (Lipinski definition) is 5. The molecule has 81 heavy (non-hydrogen) atoms. The number of benzene rings is 2. The number of carbonyl (C=O) groups excluding carboxylic acids is 9. The molecule has 0 spiro atoms. The molecule has 9 amide bonds. The van der Waals surface area contributed by atoms with Gasteiger partial charge in [-0.25, -0.2) is 0 Å². The van der Waals surface area contributed by atoms with Gasteiger partial charge >= 0.3 is 0 Å². The highest BCUT2D eigenvalue weighted by Gasteiger charge is 2.46. The van der Waals surface area contributed by atoms with Gasteiger partial charge in [0.2, 0.25) is 47.3 Å². The lowest BCUT2D eigenvalue weighted by Gasteiger charge is -2.36. The number of nitrogens with zero attached hydrogens (tertiary/aromatic N) is 6. The number of quaternary nitrogens is 1. The molecular weight excluding hydrogens is 1030 g/mol. The second-order valence-electron chi connectivity index (χ2n) is 24.5. The zero-order valence-electron chi connectivity index (χ0n) is 49.0. The normalized spacial score (nSPS) is 21.2. The molecule has 0 aromatic heterocycles. The Balaban J connectivity index is 0.931. The third-order valence-corrected chi connectivity index (χ3v) is 16.9. The number of nitrogens with one attached hydrogen (secondary N) is 3. The largest absolute Gasteiger partial charge is 0.368 e. The van der Waals surface area contributed by atoms with Crippen molar-refractivity contribution in [2.75, 3.05) is 52.4 Å². The van der Waals surface area contributed by atoms with Crippen molar-refractivity contribution in [2.24, 2.45) is 29.4 Å². The summed E-state index contributed by atoms with van der Waals surface area (Å²) < 4.78 is 0. The molecule has 0 radical (unpaired) electrons. The molecule has 0 bridgehead atoms. The highest BCUT2D eigenvalue weighted by atomic mass is 16.2. The van der Waals surface area contributed by atoms with Crippen LogP contribution in [0.25, 0.3) is 0 Å². The van der Waals surface area contributed by atoms with Gasteiger partial charge in [0.15, 0.2) is 0 Å². The molecule has 5 saturated heterocycles. The molecule has 5 heterocycles. The number of primary amides is 1. The van der Waals surface area contributed by atoms with E-state index in [9.17, 15) is 43.2 Å². The van der Waals surface area contributed by atoms with E-state index in [-0.39, 0.29) is 60.2 Å². The van der Waals surface area contributed by atoms with Gasteiger partial charge in [0.25, 0.3) is 5.91 Å². The van der Waals surface area contributed by atoms with E-state index >= 15 is 0 Å². The van der Waals surface area contributed by atoms with Crippen LogP contribution in [0.3, 0.4) is 0 Å². The first kappa shape index (κ1) is 62.2. The van der Waals surface area contributed by atoms with Gasteiger partial charge in [-0.1, -0.05) is 77.9 Å². The fourth-order valence-electron chi connectivity index (χ4n) is 12.5. The van der Waals surface area contributed by atoms with Crippen LogP contribution in [-0.4, -0.2) is 171 Å². The third-order valence-electron chi connectivity index (χ3n) is 16.9. The SMILES string of the molecule is CC(C)CNCc1ccc(C(=O)N(CCC(=O)N2CCC(C(=O)N3CCC[C@H]3C(=O)N[C@@H](CC(C)C)C(=O)N3CCC[C@H]3C(=O)N3CCC[C@H]3C(=O)N[C@@H](CC(C)C)C(=O)N3CCC[C@H]3C(N)=O)CC2)Cc2ccc(C[NH3+])cc2)cc1. The zero-order chi connectivity index (χ0) is 58.5. The van der Waals surface area contributed by atoms with Crippen molar-refractivity contribution in [3.05, 3.63) is 70.8 Å². The minimum atomic E-state index is -0.958. The van der Waals surface area contributed by atoms with Crippen LogP contribution < -0.4 is 27.4 Å². The molecule has 444 valence electrons. The van der Waals surface area contributed by atoms with Crippen molar-refractivity contribution < 1.29 is 48.9 Å². The maximum Gasteiger partial charge on any atom is 0.254 e. The Kier molecular flexibility index (Phi) is 22.3. The highest BCUT2D eigenvalue weighted by molar-refractivity contribution is 5.98. The summed E-state index contributed by atoms with van der Waals surface area (Å²) >= 11 is 0. The summed E-state index contributed by atoms with van der Waals surface area (Å²) in [5, 5.41) is 9.39. The molecule has 0 aliphatic carbocycles. The van der Waals surface area contributed by atoms with Crippen molar-refractivity contribution in [2.45, 2.75) is 181 Å². The van der Waals surface area contributed by atoms with Crippen LogP contribution in [0.5, 0.6) is 0 Å². The van der Waals surface area contributed by atoms with Crippen LogP contribution in [0.15, 0.2) is 48.5 Å². The number of rotatable bonds is 24. The first-order valence-corrected chi connectivity index (χ1v) is 30.1. The first-order chi connectivity index (χ1) is 38.7. The Bertz CT molecular complexity index is 2530. The molecular formula is C61H92N11O9+. The number of nitrogens with two attached hydrogens (primary N) is 1. The Morgan fingerprint density at radius 3 is 1.54 bits per heavy atom. The van der Waals surface area contributed by atoms with E-state index in [1.165, 1.54) is 9.80 Å². The van der Waals surface area contributed by atoms with Crippen molar-refractivity contribution in [1.82, 2.24) is 45.3 Å². The quantitative estimate of drug-likeness (QED) is 0.103. The molecule has 5 aliphatic rings. The van der Waals surface area contributed by atoms with E-state index < -0.39 is 59.9 Å². The summed E-state index contributed by atoms with van der Waals surface area (Å²) in [6, 6.07) is 10.5. The van der Waals surface area contributed by atoms with E-state index in [4.69, 9.17) is 5.73 Å². The summed E-state index contributed by atoms with van der Waals surface area (Å²) in [5.74, 6) is -2.78. The Morgan fingerprint density at radius 1 is 0.568 bits per heavy atom. The number of carbonyl (C=O) groups is 9. The van der Waals surface area contributed by atoms with Crippen molar-refractivity contribution in [3.63, 3.8) is 0 Å². The second-order valence-corrected chi connectivity index (χ2v) is 24.5. The molecule has 5 aliphatic heterocycles. The maximum atomic E-state index is 14.6. The molecule has 2 aromatic rings. The first-order valence-electron chi connectivity index (χ1n) is 30.1. The third kappa shape index (κ3) is 16.2. The van der Waals surface area contributed by atoms with Crippen molar-refractivity contribution >= 4 is 53.2 Å². The van der Waals surface area contributed by atoms with E-state index in [0.717, 1.165) is 23.2 Å². The van der Waals surface area contributed by atoms with Crippen LogP contribution in [-0.2, 0) is 58.0 Å². The second kappa shape index (κ2) is 29.0. The lowest BCUT2D eigenvalue weighted by molar-refractivity contribution is -0.386. The predicted octanol–water partition coefficient (Wildman–Crippen LogP) is 2.96. The molecule has 2 aromatic carbocycles. The minimum absolute atomic E-state index is 0.00359. The average molecular weight is 1120 g/mol. The molecule has 20 nitrogen and oxygen atoms in total. The zero-order valence-corrected chi connectivity index (χ0v) is 49.0. The smallest absolute Gasteiger partial charge is 0.254 e. The summed E-state index contributed by atoms with van der Waals surface area (Å²) in [7, 11) is 0. The number of piperidine rings is 1. The monoisotopic (exact) mass is 1120 g/mol. The van der Waals surface area contributed by atoms with Gasteiger partial charge in [0.1, 0.15) is 36.3 Å². The van der Waals surface area contributed by atoms with Gasteiger partial charge in [0, 0.05) is 82.4 Å². The van der Waals surface area contributed by atoms with E-state index in [2.05, 4.69) is 35.5 Å². The molecule has 6 atom stereocenters. The lowest BCUT2D eigenvalue weighted by atomic mass is 9.94. The predicted molar refractivity (Wildman–Crippen MR) is 306 cm³/mol. The molecule has 0 unspecified atom stereocenters. The summed E-state index contributed by atoms with van der Waals surface area (Å²) in [5.41, 5.74) is 13.3. The molecule has 0 saturated carbocycles. The Labute approximate surface area is 479 Å². The highest BCUT2D eigenvalue weighted by Crippen LogP contribution is 2.30. The van der Waals surface area contributed by atoms with Crippen molar-refractivity contribution in [1.29, 1.82) is 0 Å². The molecule has 7 rings (SSSR count). The molecule has 5 fully saturated rings. The topological polar surface area (TPSA) is 263 Å². The van der Waals surface area contributed by atoms with Gasteiger partial charge in [0.05, 0.1) is 6.54 Å². The molecule has 8 N–H and O–H groups in total. The number of amides is 9. The summed E-state index contributed by atoms with van der Waals surface area (Å²) in [6.45, 7) is 17.0. The van der Waals surface area contributed by atoms with Crippen LogP contribution >= 0.6 is 0 Å². The lowest BCUT2D eigenvalue weighted by Crippen LogP contribution is -2.59. The van der Waals surface area contributed by atoms with Gasteiger partial charge < -0.3 is 56.8 Å². The van der Waals surface area contributed by atoms with E-state index in [1.807, 2.05) is 76.2 Å². The Morgan fingerprint density at radius 2 is 1.04 bits per heavy atom. The van der Waals surface area contributed by atoms with Crippen LogP contribution in [0.1, 0.15) is 152 Å². The van der Waals surface area contributed by atoms with Gasteiger partial charge in [-0.2, -0.15) is 0 Å². The fourth-order valence-corrected chi connectivity index (χ4v) is 12.5. The fraction of sp³-hybridized carbons (Fsp3) is 0.656. The van der Waals surface area contributed by atoms with E-state index in [1.54, 1.807) is 19.6 Å². The standard InChI is InChI=1S/C61H91N11O9/c1-39(2)33-47(59(79)69-26-7-11-49(69)54(63)74)65-56(76)51-13-9-28-71(51)61(81)52-14-10-29-72(52)60(80)48(34-40(3)4)66-55(75)50-12-8-27-70(50)58(78)46-23-30-67(31-24-46)53(73)25-32-68(38-44-17-15-42(35-62)16-18-44)57(77)45-21-19-43(20-22-45)37-64-36-41(5)6/h15-22,39-41,46-52,64H,7-14,23-38,62H2,1-6H3,(H2,63,74)(H,65,76)(H,66,75)/p+1/t47-,48-,49-,50-,51-,52-/m0/s1. The molecule has 20 heteroatoms. The van der Waals surface area contributed by atoms with Gasteiger partial charge in [-0.05, 0) is 125 Å². The van der Waals surface area contributed by atoms with Gasteiger partial charge in [-0.15, -0.1) is 0 Å².